The summed E-state index contributed by atoms with van der Waals surface area (Å²) in [6.45, 7) is 9.17. The van der Waals surface area contributed by atoms with E-state index in [1.807, 2.05) is 38.1 Å². The van der Waals surface area contributed by atoms with Crippen molar-refractivity contribution in [2.75, 3.05) is 18.5 Å². The molecule has 0 aliphatic rings. The number of carbonyl (C=O) groups is 1. The fraction of sp³-hybridized carbons (Fsp3) is 0.350. The highest BCUT2D eigenvalue weighted by Gasteiger charge is 2.13. The van der Waals surface area contributed by atoms with Crippen LogP contribution in [0.4, 0.5) is 5.69 Å². The molecule has 0 aliphatic carbocycles. The van der Waals surface area contributed by atoms with Crippen LogP contribution in [0.25, 0.3) is 0 Å². The molecule has 0 atom stereocenters. The van der Waals surface area contributed by atoms with E-state index in [4.69, 9.17) is 9.47 Å². The number of hydrogen-bond acceptors (Lipinski definition) is 3. The van der Waals surface area contributed by atoms with Crippen LogP contribution in [0.3, 0.4) is 0 Å². The largest absolute Gasteiger partial charge is 0.490 e. The van der Waals surface area contributed by atoms with E-state index in [-0.39, 0.29) is 5.91 Å². The molecule has 0 spiro atoms. The zero-order valence-corrected chi connectivity index (χ0v) is 14.8. The van der Waals surface area contributed by atoms with Crippen LogP contribution in [0.2, 0.25) is 0 Å². The molecule has 0 saturated carbocycles. The quantitative estimate of drug-likeness (QED) is 0.803. The molecular weight excluding hydrogens is 302 g/mol. The van der Waals surface area contributed by atoms with Gasteiger partial charge in [-0.2, -0.15) is 0 Å². The van der Waals surface area contributed by atoms with Crippen LogP contribution < -0.4 is 14.8 Å². The average Bonchev–Trinajstić information content (AvgIpc) is 2.56. The summed E-state index contributed by atoms with van der Waals surface area (Å²) in [4.78, 5) is 12.5. The SMILES string of the molecule is CCOc1cc(C(=O)Nc2ccccc2C)ccc1OCC(C)C. The highest BCUT2D eigenvalue weighted by molar-refractivity contribution is 6.05. The second-order valence-corrected chi connectivity index (χ2v) is 6.07. The number of ether oxygens (including phenoxy) is 2. The average molecular weight is 327 g/mol. The van der Waals surface area contributed by atoms with E-state index in [0.29, 0.717) is 36.2 Å². The second-order valence-electron chi connectivity index (χ2n) is 6.07. The molecule has 0 bridgehead atoms. The molecule has 0 fully saturated rings. The van der Waals surface area contributed by atoms with E-state index in [1.165, 1.54) is 0 Å². The number of para-hydroxylation sites is 1. The number of benzene rings is 2. The number of amides is 1. The first-order valence-corrected chi connectivity index (χ1v) is 8.28. The van der Waals surface area contributed by atoms with E-state index >= 15 is 0 Å². The van der Waals surface area contributed by atoms with Crippen molar-refractivity contribution in [3.05, 3.63) is 53.6 Å². The molecule has 2 aromatic carbocycles. The summed E-state index contributed by atoms with van der Waals surface area (Å²) >= 11 is 0. The van der Waals surface area contributed by atoms with Gasteiger partial charge in [0.15, 0.2) is 11.5 Å². The van der Waals surface area contributed by atoms with Gasteiger partial charge in [0.2, 0.25) is 0 Å². The maximum Gasteiger partial charge on any atom is 0.255 e. The lowest BCUT2D eigenvalue weighted by Crippen LogP contribution is -2.13. The van der Waals surface area contributed by atoms with Crippen LogP contribution in [0.15, 0.2) is 42.5 Å². The van der Waals surface area contributed by atoms with Gasteiger partial charge in [0.05, 0.1) is 13.2 Å². The van der Waals surface area contributed by atoms with Crippen molar-refractivity contribution in [1.82, 2.24) is 0 Å². The van der Waals surface area contributed by atoms with E-state index in [1.54, 1.807) is 18.2 Å². The Kier molecular flexibility index (Phi) is 6.24. The summed E-state index contributed by atoms with van der Waals surface area (Å²) in [6.07, 6.45) is 0. The maximum atomic E-state index is 12.5. The number of anilines is 1. The van der Waals surface area contributed by atoms with Crippen LogP contribution in [-0.2, 0) is 0 Å². The maximum absolute atomic E-state index is 12.5. The van der Waals surface area contributed by atoms with Crippen molar-refractivity contribution < 1.29 is 14.3 Å². The summed E-state index contributed by atoms with van der Waals surface area (Å²) < 4.78 is 11.4. The first-order valence-electron chi connectivity index (χ1n) is 8.28. The number of rotatable bonds is 7. The van der Waals surface area contributed by atoms with Gasteiger partial charge in [-0.25, -0.2) is 0 Å². The van der Waals surface area contributed by atoms with Gasteiger partial charge in [-0.05, 0) is 49.6 Å². The van der Waals surface area contributed by atoms with Crippen molar-refractivity contribution in [2.24, 2.45) is 5.92 Å². The van der Waals surface area contributed by atoms with Crippen LogP contribution in [0.5, 0.6) is 11.5 Å². The summed E-state index contributed by atoms with van der Waals surface area (Å²) in [5, 5.41) is 2.93. The Balaban J connectivity index is 2.19. The van der Waals surface area contributed by atoms with Crippen LogP contribution in [0, 0.1) is 12.8 Å². The zero-order valence-electron chi connectivity index (χ0n) is 14.8. The molecule has 0 heterocycles. The van der Waals surface area contributed by atoms with Gasteiger partial charge in [-0.1, -0.05) is 32.0 Å². The highest BCUT2D eigenvalue weighted by atomic mass is 16.5. The zero-order chi connectivity index (χ0) is 17.5. The van der Waals surface area contributed by atoms with Crippen molar-refractivity contribution in [3.8, 4) is 11.5 Å². The van der Waals surface area contributed by atoms with Crippen LogP contribution in [0.1, 0.15) is 36.7 Å². The lowest BCUT2D eigenvalue weighted by atomic mass is 10.1. The fourth-order valence-corrected chi connectivity index (χ4v) is 2.20. The van der Waals surface area contributed by atoms with Crippen molar-refractivity contribution in [2.45, 2.75) is 27.7 Å². The minimum absolute atomic E-state index is 0.166. The minimum Gasteiger partial charge on any atom is -0.490 e. The van der Waals surface area contributed by atoms with Gasteiger partial charge in [0.25, 0.3) is 5.91 Å². The Labute approximate surface area is 143 Å². The summed E-state index contributed by atoms with van der Waals surface area (Å²) in [5.41, 5.74) is 2.37. The molecule has 24 heavy (non-hydrogen) atoms. The lowest BCUT2D eigenvalue weighted by molar-refractivity contribution is 0.102. The second kappa shape index (κ2) is 8.39. The van der Waals surface area contributed by atoms with E-state index < -0.39 is 0 Å². The van der Waals surface area contributed by atoms with Crippen molar-refractivity contribution in [3.63, 3.8) is 0 Å². The number of carbonyl (C=O) groups excluding carboxylic acids is 1. The predicted molar refractivity (Wildman–Crippen MR) is 97.1 cm³/mol. The molecule has 0 radical (unpaired) electrons. The first kappa shape index (κ1) is 17.9. The van der Waals surface area contributed by atoms with Gasteiger partial charge in [-0.3, -0.25) is 4.79 Å². The standard InChI is InChI=1S/C20H25NO3/c1-5-23-19-12-16(10-11-18(19)24-13-14(2)3)20(22)21-17-9-7-6-8-15(17)4/h6-12,14H,5,13H2,1-4H3,(H,21,22). The molecule has 1 N–H and O–H groups in total. The van der Waals surface area contributed by atoms with E-state index in [2.05, 4.69) is 19.2 Å². The molecule has 2 aromatic rings. The lowest BCUT2D eigenvalue weighted by Gasteiger charge is -2.15. The highest BCUT2D eigenvalue weighted by Crippen LogP contribution is 2.29. The summed E-state index contributed by atoms with van der Waals surface area (Å²) in [5.74, 6) is 1.51. The number of aryl methyl sites for hydroxylation is 1. The van der Waals surface area contributed by atoms with Crippen molar-refractivity contribution >= 4 is 11.6 Å². The Morgan fingerprint density at radius 2 is 1.83 bits per heavy atom. The number of nitrogens with one attached hydrogen (secondary N) is 1. The third kappa shape index (κ3) is 4.75. The third-order valence-corrected chi connectivity index (χ3v) is 3.47. The molecular formula is C20H25NO3. The molecule has 0 unspecified atom stereocenters. The van der Waals surface area contributed by atoms with E-state index in [0.717, 1.165) is 11.3 Å². The molecule has 1 amide bonds. The molecule has 4 nitrogen and oxygen atoms in total. The predicted octanol–water partition coefficient (Wildman–Crippen LogP) is 4.68. The van der Waals surface area contributed by atoms with Crippen molar-refractivity contribution in [1.29, 1.82) is 0 Å². The molecule has 0 aliphatic heterocycles. The smallest absolute Gasteiger partial charge is 0.255 e. The fourth-order valence-electron chi connectivity index (χ4n) is 2.20. The molecule has 2 rings (SSSR count). The van der Waals surface area contributed by atoms with Crippen LogP contribution in [-0.4, -0.2) is 19.1 Å². The summed E-state index contributed by atoms with van der Waals surface area (Å²) in [7, 11) is 0. The normalized spacial score (nSPS) is 10.5. The molecule has 0 saturated heterocycles. The summed E-state index contributed by atoms with van der Waals surface area (Å²) in [6, 6.07) is 13.0. The van der Waals surface area contributed by atoms with Gasteiger partial charge in [0, 0.05) is 11.3 Å². The third-order valence-electron chi connectivity index (χ3n) is 3.47. The first-order chi connectivity index (χ1) is 11.5. The molecule has 0 aromatic heterocycles. The van der Waals surface area contributed by atoms with Crippen LogP contribution >= 0.6 is 0 Å². The van der Waals surface area contributed by atoms with E-state index in [9.17, 15) is 4.79 Å². The Bertz CT molecular complexity index is 695. The van der Waals surface area contributed by atoms with Gasteiger partial charge in [0.1, 0.15) is 0 Å². The molecule has 4 heteroatoms. The Hall–Kier alpha value is -2.49. The number of hydrogen-bond donors (Lipinski definition) is 1. The van der Waals surface area contributed by atoms with Gasteiger partial charge in [-0.15, -0.1) is 0 Å². The van der Waals surface area contributed by atoms with Gasteiger partial charge < -0.3 is 14.8 Å². The van der Waals surface area contributed by atoms with Gasteiger partial charge >= 0.3 is 0 Å². The monoisotopic (exact) mass is 327 g/mol. The Morgan fingerprint density at radius 3 is 2.50 bits per heavy atom. The minimum atomic E-state index is -0.166. The topological polar surface area (TPSA) is 47.6 Å². The molecule has 128 valence electrons. The Morgan fingerprint density at radius 1 is 1.08 bits per heavy atom.